The van der Waals surface area contributed by atoms with Gasteiger partial charge in [-0.1, -0.05) is 18.2 Å². The summed E-state index contributed by atoms with van der Waals surface area (Å²) in [6.45, 7) is 6.64. The van der Waals surface area contributed by atoms with E-state index < -0.39 is 0 Å². The van der Waals surface area contributed by atoms with E-state index in [2.05, 4.69) is 35.8 Å². The SMILES string of the molecule is CCOc1ccccc1CNCc1sccc1C. The Kier molecular flexibility index (Phi) is 4.79. The molecule has 3 heteroatoms. The van der Waals surface area contributed by atoms with Crippen molar-refractivity contribution in [3.05, 3.63) is 51.7 Å². The molecule has 0 aliphatic rings. The van der Waals surface area contributed by atoms with E-state index in [1.54, 1.807) is 11.3 Å². The molecule has 1 aromatic heterocycles. The quantitative estimate of drug-likeness (QED) is 0.855. The number of aryl methyl sites for hydroxylation is 1. The summed E-state index contributed by atoms with van der Waals surface area (Å²) in [6, 6.07) is 10.4. The van der Waals surface area contributed by atoms with Gasteiger partial charge < -0.3 is 10.1 Å². The van der Waals surface area contributed by atoms with Crippen molar-refractivity contribution >= 4 is 11.3 Å². The van der Waals surface area contributed by atoms with Crippen LogP contribution in [0.15, 0.2) is 35.7 Å². The molecule has 1 heterocycles. The van der Waals surface area contributed by atoms with Gasteiger partial charge in [0.05, 0.1) is 6.61 Å². The van der Waals surface area contributed by atoms with Crippen LogP contribution < -0.4 is 10.1 Å². The molecule has 0 aliphatic heterocycles. The van der Waals surface area contributed by atoms with Gasteiger partial charge in [-0.25, -0.2) is 0 Å². The maximum absolute atomic E-state index is 5.61. The first-order chi connectivity index (χ1) is 8.81. The fourth-order valence-electron chi connectivity index (χ4n) is 1.84. The molecule has 18 heavy (non-hydrogen) atoms. The second kappa shape index (κ2) is 6.57. The van der Waals surface area contributed by atoms with Crippen molar-refractivity contribution < 1.29 is 4.74 Å². The van der Waals surface area contributed by atoms with E-state index in [4.69, 9.17) is 4.74 Å². The van der Waals surface area contributed by atoms with Gasteiger partial charge in [0.15, 0.2) is 0 Å². The molecule has 2 aromatic rings. The van der Waals surface area contributed by atoms with Gasteiger partial charge in [-0.15, -0.1) is 11.3 Å². The summed E-state index contributed by atoms with van der Waals surface area (Å²) >= 11 is 1.81. The molecule has 0 aliphatic carbocycles. The van der Waals surface area contributed by atoms with Crippen LogP contribution in [0.25, 0.3) is 0 Å². The van der Waals surface area contributed by atoms with Gasteiger partial charge in [0.2, 0.25) is 0 Å². The second-order valence-corrected chi connectivity index (χ2v) is 5.17. The van der Waals surface area contributed by atoms with Crippen molar-refractivity contribution in [1.29, 1.82) is 0 Å². The number of thiophene rings is 1. The van der Waals surface area contributed by atoms with Crippen LogP contribution in [0.3, 0.4) is 0 Å². The third-order valence-corrected chi connectivity index (χ3v) is 3.86. The maximum atomic E-state index is 5.61. The Labute approximate surface area is 113 Å². The van der Waals surface area contributed by atoms with Crippen LogP contribution in [0.5, 0.6) is 5.75 Å². The molecule has 0 saturated heterocycles. The summed E-state index contributed by atoms with van der Waals surface area (Å²) in [5.41, 5.74) is 2.58. The van der Waals surface area contributed by atoms with Gasteiger partial charge in [0.1, 0.15) is 5.75 Å². The Hall–Kier alpha value is -1.32. The van der Waals surface area contributed by atoms with Gasteiger partial charge in [-0.05, 0) is 36.9 Å². The summed E-state index contributed by atoms with van der Waals surface area (Å²) in [5, 5.41) is 5.61. The van der Waals surface area contributed by atoms with E-state index in [1.807, 2.05) is 19.1 Å². The Morgan fingerprint density at radius 1 is 1.17 bits per heavy atom. The largest absolute Gasteiger partial charge is 0.494 e. The summed E-state index contributed by atoms with van der Waals surface area (Å²) < 4.78 is 5.61. The van der Waals surface area contributed by atoms with Crippen LogP contribution in [0.1, 0.15) is 22.9 Å². The number of benzene rings is 1. The predicted molar refractivity (Wildman–Crippen MR) is 77.2 cm³/mol. The Morgan fingerprint density at radius 2 is 2.00 bits per heavy atom. The molecule has 2 rings (SSSR count). The molecular formula is C15H19NOS. The predicted octanol–water partition coefficient (Wildman–Crippen LogP) is 3.75. The van der Waals surface area contributed by atoms with Crippen molar-refractivity contribution in [2.75, 3.05) is 6.61 Å². The lowest BCUT2D eigenvalue weighted by Gasteiger charge is -2.10. The molecule has 0 amide bonds. The fraction of sp³-hybridized carbons (Fsp3) is 0.333. The standard InChI is InChI=1S/C15H19NOS/c1-3-17-14-7-5-4-6-13(14)10-16-11-15-12(2)8-9-18-15/h4-9,16H,3,10-11H2,1-2H3. The van der Waals surface area contributed by atoms with Gasteiger partial charge >= 0.3 is 0 Å². The molecule has 1 N–H and O–H groups in total. The summed E-state index contributed by atoms with van der Waals surface area (Å²) in [5.74, 6) is 0.982. The van der Waals surface area contributed by atoms with Crippen molar-refractivity contribution in [3.8, 4) is 5.75 Å². The lowest BCUT2D eigenvalue weighted by Crippen LogP contribution is -2.13. The fourth-order valence-corrected chi connectivity index (χ4v) is 2.72. The molecule has 0 saturated carbocycles. The first kappa shape index (κ1) is 13.1. The van der Waals surface area contributed by atoms with Gasteiger partial charge in [0, 0.05) is 23.5 Å². The molecule has 96 valence electrons. The zero-order chi connectivity index (χ0) is 12.8. The maximum Gasteiger partial charge on any atom is 0.123 e. The highest BCUT2D eigenvalue weighted by Gasteiger charge is 2.03. The zero-order valence-corrected chi connectivity index (χ0v) is 11.7. The van der Waals surface area contributed by atoms with E-state index in [0.29, 0.717) is 6.61 Å². The van der Waals surface area contributed by atoms with Gasteiger partial charge in [-0.3, -0.25) is 0 Å². The molecule has 2 nitrogen and oxygen atoms in total. The highest BCUT2D eigenvalue weighted by molar-refractivity contribution is 7.10. The minimum Gasteiger partial charge on any atom is -0.494 e. The summed E-state index contributed by atoms with van der Waals surface area (Å²) in [4.78, 5) is 1.41. The molecule has 0 spiro atoms. The minimum absolute atomic E-state index is 0.709. The van der Waals surface area contributed by atoms with E-state index in [0.717, 1.165) is 18.8 Å². The van der Waals surface area contributed by atoms with Gasteiger partial charge in [0.25, 0.3) is 0 Å². The van der Waals surface area contributed by atoms with Crippen LogP contribution in [0.4, 0.5) is 0 Å². The first-order valence-corrected chi connectivity index (χ1v) is 7.13. The first-order valence-electron chi connectivity index (χ1n) is 6.25. The lowest BCUT2D eigenvalue weighted by atomic mass is 10.2. The Balaban J connectivity index is 1.92. The van der Waals surface area contributed by atoms with E-state index in [9.17, 15) is 0 Å². The Morgan fingerprint density at radius 3 is 2.72 bits per heavy atom. The van der Waals surface area contributed by atoms with Crippen molar-refractivity contribution in [2.24, 2.45) is 0 Å². The second-order valence-electron chi connectivity index (χ2n) is 4.17. The summed E-state index contributed by atoms with van der Waals surface area (Å²) in [6.07, 6.45) is 0. The number of para-hydroxylation sites is 1. The van der Waals surface area contributed by atoms with Crippen molar-refractivity contribution in [1.82, 2.24) is 5.32 Å². The molecule has 0 fully saturated rings. The monoisotopic (exact) mass is 261 g/mol. The molecule has 1 aromatic carbocycles. The van der Waals surface area contributed by atoms with E-state index in [-0.39, 0.29) is 0 Å². The van der Waals surface area contributed by atoms with Crippen LogP contribution in [0.2, 0.25) is 0 Å². The van der Waals surface area contributed by atoms with Crippen LogP contribution >= 0.6 is 11.3 Å². The molecular weight excluding hydrogens is 242 g/mol. The Bertz CT molecular complexity index is 493. The van der Waals surface area contributed by atoms with Crippen LogP contribution in [-0.4, -0.2) is 6.61 Å². The smallest absolute Gasteiger partial charge is 0.123 e. The molecule has 0 unspecified atom stereocenters. The summed E-state index contributed by atoms with van der Waals surface area (Å²) in [7, 11) is 0. The third-order valence-electron chi connectivity index (χ3n) is 2.84. The molecule has 0 radical (unpaired) electrons. The lowest BCUT2D eigenvalue weighted by molar-refractivity contribution is 0.335. The number of hydrogen-bond donors (Lipinski definition) is 1. The average molecular weight is 261 g/mol. The average Bonchev–Trinajstić information content (AvgIpc) is 2.78. The number of ether oxygens (including phenoxy) is 1. The zero-order valence-electron chi connectivity index (χ0n) is 10.9. The third kappa shape index (κ3) is 3.34. The van der Waals surface area contributed by atoms with Crippen molar-refractivity contribution in [2.45, 2.75) is 26.9 Å². The minimum atomic E-state index is 0.709. The molecule has 0 atom stereocenters. The topological polar surface area (TPSA) is 21.3 Å². The normalized spacial score (nSPS) is 10.6. The number of nitrogens with one attached hydrogen (secondary N) is 1. The van der Waals surface area contributed by atoms with E-state index in [1.165, 1.54) is 16.0 Å². The highest BCUT2D eigenvalue weighted by atomic mass is 32.1. The highest BCUT2D eigenvalue weighted by Crippen LogP contribution is 2.19. The number of hydrogen-bond acceptors (Lipinski definition) is 3. The van der Waals surface area contributed by atoms with E-state index >= 15 is 0 Å². The number of rotatable bonds is 6. The molecule has 0 bridgehead atoms. The van der Waals surface area contributed by atoms with Crippen molar-refractivity contribution in [3.63, 3.8) is 0 Å². The van der Waals surface area contributed by atoms with Crippen LogP contribution in [0, 0.1) is 6.92 Å². The van der Waals surface area contributed by atoms with Crippen LogP contribution in [-0.2, 0) is 13.1 Å². The van der Waals surface area contributed by atoms with Gasteiger partial charge in [-0.2, -0.15) is 0 Å².